The van der Waals surface area contributed by atoms with Crippen LogP contribution in [0.2, 0.25) is 0 Å². The third-order valence-corrected chi connectivity index (χ3v) is 8.13. The first kappa shape index (κ1) is 26.4. The number of nitrogens with zero attached hydrogens (tertiary/aromatic N) is 5. The number of nitro benzene ring substituents is 1. The summed E-state index contributed by atoms with van der Waals surface area (Å²) in [5.74, 6) is 0. The molecule has 0 fully saturated rings. The van der Waals surface area contributed by atoms with Gasteiger partial charge >= 0.3 is 6.18 Å². The summed E-state index contributed by atoms with van der Waals surface area (Å²) in [4.78, 5) is 29.2. The van der Waals surface area contributed by atoms with Gasteiger partial charge < -0.3 is 4.57 Å². The molecular weight excluding hydrogens is 551 g/mol. The summed E-state index contributed by atoms with van der Waals surface area (Å²) in [7, 11) is 0. The van der Waals surface area contributed by atoms with Gasteiger partial charge in [0, 0.05) is 28.7 Å². The first-order chi connectivity index (χ1) is 18.5. The molecule has 0 unspecified atom stereocenters. The fourth-order valence-electron chi connectivity index (χ4n) is 4.09. The zero-order chi connectivity index (χ0) is 27.9. The molecule has 0 N–H and O–H groups in total. The second kappa shape index (κ2) is 10.2. The van der Waals surface area contributed by atoms with Crippen LogP contribution in [0.15, 0.2) is 86.0 Å². The van der Waals surface area contributed by atoms with Gasteiger partial charge in [0.05, 0.1) is 31.2 Å². The number of alkyl halides is 3. The van der Waals surface area contributed by atoms with Gasteiger partial charge in [-0.3, -0.25) is 14.9 Å². The Hall–Kier alpha value is -4.23. The number of benzene rings is 2. The summed E-state index contributed by atoms with van der Waals surface area (Å²) in [6.07, 6.45) is -1.72. The van der Waals surface area contributed by atoms with Crippen LogP contribution in [-0.4, -0.2) is 25.4 Å². The second-order valence-electron chi connectivity index (χ2n) is 8.46. The van der Waals surface area contributed by atoms with Crippen LogP contribution >= 0.6 is 23.1 Å². The van der Waals surface area contributed by atoms with E-state index in [9.17, 15) is 28.1 Å². The molecule has 0 bridgehead atoms. The van der Waals surface area contributed by atoms with Crippen molar-refractivity contribution in [2.24, 2.45) is 5.10 Å². The van der Waals surface area contributed by atoms with Crippen molar-refractivity contribution in [3.05, 3.63) is 110 Å². The lowest BCUT2D eigenvalue weighted by molar-refractivity contribution is -0.387. The summed E-state index contributed by atoms with van der Waals surface area (Å²) in [6.45, 7) is 3.52. The first-order valence-electron chi connectivity index (χ1n) is 11.4. The number of fused-ring (bicyclic) bond motifs is 1. The van der Waals surface area contributed by atoms with Crippen molar-refractivity contribution in [1.82, 2.24) is 14.2 Å². The van der Waals surface area contributed by atoms with Gasteiger partial charge in [-0.1, -0.05) is 30.0 Å². The van der Waals surface area contributed by atoms with Crippen molar-refractivity contribution in [3.8, 4) is 5.69 Å². The average molecular weight is 570 g/mol. The molecule has 3 aromatic heterocycles. The molecule has 13 heteroatoms. The minimum absolute atomic E-state index is 0.0299. The van der Waals surface area contributed by atoms with E-state index in [4.69, 9.17) is 0 Å². The molecule has 0 aliphatic rings. The summed E-state index contributed by atoms with van der Waals surface area (Å²) < 4.78 is 43.1. The van der Waals surface area contributed by atoms with Gasteiger partial charge in [-0.2, -0.15) is 22.9 Å². The quantitative estimate of drug-likeness (QED) is 0.127. The highest BCUT2D eigenvalue weighted by Gasteiger charge is 2.30. The van der Waals surface area contributed by atoms with Crippen molar-refractivity contribution >= 4 is 45.2 Å². The van der Waals surface area contributed by atoms with Crippen LogP contribution in [0.5, 0.6) is 0 Å². The number of aromatic nitrogens is 3. The Bertz CT molecular complexity index is 1820. The van der Waals surface area contributed by atoms with Gasteiger partial charge in [-0.15, -0.1) is 11.3 Å². The lowest BCUT2D eigenvalue weighted by Gasteiger charge is -2.13. The van der Waals surface area contributed by atoms with E-state index in [1.165, 1.54) is 47.8 Å². The molecule has 0 saturated heterocycles. The molecule has 0 spiro atoms. The molecule has 0 aliphatic heterocycles. The molecular formula is C26H18F3N5O3S2. The minimum atomic E-state index is -4.46. The van der Waals surface area contributed by atoms with E-state index in [0.29, 0.717) is 42.0 Å². The zero-order valence-corrected chi connectivity index (χ0v) is 22.0. The van der Waals surface area contributed by atoms with Gasteiger partial charge in [0.15, 0.2) is 0 Å². The third kappa shape index (κ3) is 5.22. The van der Waals surface area contributed by atoms with E-state index in [2.05, 4.69) is 10.1 Å². The Morgan fingerprint density at radius 2 is 1.87 bits per heavy atom. The molecule has 0 saturated carbocycles. The van der Waals surface area contributed by atoms with Crippen molar-refractivity contribution in [2.45, 2.75) is 29.1 Å². The lowest BCUT2D eigenvalue weighted by Crippen LogP contribution is -2.16. The van der Waals surface area contributed by atoms with Crippen LogP contribution in [0.4, 0.5) is 18.9 Å². The molecule has 198 valence electrons. The molecule has 0 aliphatic carbocycles. The standard InChI is InChI=1S/C26H18F3N5O3S2/c1-15-10-17(16(2)33(15)19-7-5-6-18(11-19)26(27,28)29)13-31-32-14-30-24-20(25(32)35)12-23(39-24)38-22-9-4-3-8-21(22)34(36)37/h3-14H,1-2H3/b31-13+. The van der Waals surface area contributed by atoms with Crippen molar-refractivity contribution in [1.29, 1.82) is 0 Å². The largest absolute Gasteiger partial charge is 0.416 e. The van der Waals surface area contributed by atoms with Crippen LogP contribution in [-0.2, 0) is 6.18 Å². The number of hydrogen-bond acceptors (Lipinski definition) is 7. The Balaban J connectivity index is 1.45. The summed E-state index contributed by atoms with van der Waals surface area (Å²) in [5.41, 5.74) is 1.13. The number of aryl methyl sites for hydroxylation is 1. The Labute approximate surface area is 227 Å². The number of hydrogen-bond donors (Lipinski definition) is 0. The van der Waals surface area contributed by atoms with Crippen LogP contribution in [0, 0.1) is 24.0 Å². The maximum absolute atomic E-state index is 13.2. The predicted molar refractivity (Wildman–Crippen MR) is 144 cm³/mol. The molecule has 2 aromatic carbocycles. The molecule has 5 rings (SSSR count). The van der Waals surface area contributed by atoms with Crippen molar-refractivity contribution < 1.29 is 18.1 Å². The second-order valence-corrected chi connectivity index (χ2v) is 10.8. The van der Waals surface area contributed by atoms with Gasteiger partial charge in [0.1, 0.15) is 11.2 Å². The third-order valence-electron chi connectivity index (χ3n) is 5.91. The van der Waals surface area contributed by atoms with E-state index in [-0.39, 0.29) is 5.69 Å². The topological polar surface area (TPSA) is 95.3 Å². The fourth-order valence-corrected chi connectivity index (χ4v) is 6.27. The first-order valence-corrected chi connectivity index (χ1v) is 13.0. The summed E-state index contributed by atoms with van der Waals surface area (Å²) >= 11 is 2.42. The van der Waals surface area contributed by atoms with Gasteiger partial charge in [-0.05, 0) is 50.2 Å². The Morgan fingerprint density at radius 1 is 1.10 bits per heavy atom. The minimum Gasteiger partial charge on any atom is -0.318 e. The molecule has 39 heavy (non-hydrogen) atoms. The highest BCUT2D eigenvalue weighted by Crippen LogP contribution is 2.39. The number of para-hydroxylation sites is 1. The summed E-state index contributed by atoms with van der Waals surface area (Å²) in [5, 5.41) is 15.9. The normalized spacial score (nSPS) is 12.0. The Morgan fingerprint density at radius 3 is 2.62 bits per heavy atom. The molecule has 0 radical (unpaired) electrons. The average Bonchev–Trinajstić information content (AvgIpc) is 3.43. The zero-order valence-electron chi connectivity index (χ0n) is 20.3. The molecule has 0 amide bonds. The van der Waals surface area contributed by atoms with Crippen LogP contribution in [0.25, 0.3) is 15.9 Å². The fraction of sp³-hybridized carbons (Fsp3) is 0.115. The number of nitro groups is 1. The van der Waals surface area contributed by atoms with E-state index in [0.717, 1.165) is 16.8 Å². The molecule has 3 heterocycles. The molecule has 5 aromatic rings. The van der Waals surface area contributed by atoms with Crippen LogP contribution < -0.4 is 5.56 Å². The van der Waals surface area contributed by atoms with Gasteiger partial charge in [0.25, 0.3) is 11.2 Å². The highest BCUT2D eigenvalue weighted by atomic mass is 32.2. The summed E-state index contributed by atoms with van der Waals surface area (Å²) in [6, 6.07) is 14.8. The monoisotopic (exact) mass is 569 g/mol. The van der Waals surface area contributed by atoms with E-state index in [1.807, 2.05) is 0 Å². The Kier molecular flexibility index (Phi) is 6.87. The van der Waals surface area contributed by atoms with Gasteiger partial charge in [-0.25, -0.2) is 4.98 Å². The van der Waals surface area contributed by atoms with E-state index < -0.39 is 22.2 Å². The maximum atomic E-state index is 13.2. The van der Waals surface area contributed by atoms with Crippen molar-refractivity contribution in [3.63, 3.8) is 0 Å². The maximum Gasteiger partial charge on any atom is 0.416 e. The van der Waals surface area contributed by atoms with Crippen molar-refractivity contribution in [2.75, 3.05) is 0 Å². The van der Waals surface area contributed by atoms with Gasteiger partial charge in [0.2, 0.25) is 0 Å². The number of thiophene rings is 1. The molecule has 0 atom stereocenters. The number of rotatable bonds is 6. The lowest BCUT2D eigenvalue weighted by atomic mass is 10.2. The number of halogens is 3. The van der Waals surface area contributed by atoms with E-state index >= 15 is 0 Å². The smallest absolute Gasteiger partial charge is 0.318 e. The SMILES string of the molecule is Cc1cc(/C=N/n2cnc3sc(Sc4ccccc4[N+](=O)[O-])cc3c2=O)c(C)n1-c1cccc(C(F)(F)F)c1. The van der Waals surface area contributed by atoms with E-state index in [1.54, 1.807) is 54.8 Å². The van der Waals surface area contributed by atoms with Crippen LogP contribution in [0.1, 0.15) is 22.5 Å². The predicted octanol–water partition coefficient (Wildman–Crippen LogP) is 6.83. The molecule has 8 nitrogen and oxygen atoms in total. The highest BCUT2D eigenvalue weighted by molar-refractivity contribution is 8.01. The van der Waals surface area contributed by atoms with Crippen LogP contribution in [0.3, 0.4) is 0 Å².